The lowest BCUT2D eigenvalue weighted by atomic mass is 10.0. The van der Waals surface area contributed by atoms with Crippen LogP contribution in [0, 0.1) is 0 Å². The van der Waals surface area contributed by atoms with Crippen molar-refractivity contribution in [3.63, 3.8) is 0 Å². The number of rotatable bonds is 52. The van der Waals surface area contributed by atoms with E-state index >= 15 is 0 Å². The molecule has 6 nitrogen and oxygen atoms in total. The van der Waals surface area contributed by atoms with Crippen LogP contribution >= 0.6 is 0 Å². The minimum absolute atomic E-state index is 0.0616. The topological polar surface area (TPSA) is 95.9 Å². The first kappa shape index (κ1) is 64.6. The number of aliphatic hydroxyl groups excluding tert-OH is 2. The molecular formula is C61H111NO5. The molecule has 0 aromatic rings. The highest BCUT2D eigenvalue weighted by atomic mass is 16.5. The molecule has 0 rings (SSSR count). The van der Waals surface area contributed by atoms with Gasteiger partial charge in [-0.2, -0.15) is 0 Å². The number of esters is 1. The molecule has 0 aliphatic carbocycles. The monoisotopic (exact) mass is 938 g/mol. The second-order valence-corrected chi connectivity index (χ2v) is 19.7. The van der Waals surface area contributed by atoms with E-state index in [-0.39, 0.29) is 24.9 Å². The van der Waals surface area contributed by atoms with Gasteiger partial charge in [0.25, 0.3) is 0 Å². The van der Waals surface area contributed by atoms with Crippen molar-refractivity contribution in [3.05, 3.63) is 60.8 Å². The number of amides is 1. The second-order valence-electron chi connectivity index (χ2n) is 19.7. The van der Waals surface area contributed by atoms with Crippen LogP contribution in [0.25, 0.3) is 0 Å². The van der Waals surface area contributed by atoms with Crippen LogP contribution in [0.2, 0.25) is 0 Å². The summed E-state index contributed by atoms with van der Waals surface area (Å²) in [4.78, 5) is 26.3. The van der Waals surface area contributed by atoms with Crippen LogP contribution in [0.4, 0.5) is 0 Å². The van der Waals surface area contributed by atoms with Crippen molar-refractivity contribution in [1.82, 2.24) is 5.32 Å². The normalized spacial score (nSPS) is 13.6. The van der Waals surface area contributed by atoms with Crippen molar-refractivity contribution < 1.29 is 24.5 Å². The number of carbonyl (C=O) groups is 2. The van der Waals surface area contributed by atoms with Gasteiger partial charge in [0.15, 0.2) is 0 Å². The largest absolute Gasteiger partial charge is 0.462 e. The Morgan fingerprint density at radius 1 is 0.448 bits per heavy atom. The lowest BCUT2D eigenvalue weighted by Crippen LogP contribution is -2.46. The average molecular weight is 939 g/mol. The molecule has 0 saturated heterocycles. The molecule has 1 amide bonds. The molecule has 3 N–H and O–H groups in total. The van der Waals surface area contributed by atoms with Crippen molar-refractivity contribution in [3.8, 4) is 0 Å². The first-order valence-corrected chi connectivity index (χ1v) is 29.0. The van der Waals surface area contributed by atoms with Crippen molar-refractivity contribution >= 4 is 11.9 Å². The van der Waals surface area contributed by atoms with Crippen LogP contribution < -0.4 is 5.32 Å². The maximum absolute atomic E-state index is 13.3. The molecule has 0 radical (unpaired) electrons. The highest BCUT2D eigenvalue weighted by molar-refractivity contribution is 5.77. The molecule has 3 unspecified atom stereocenters. The molecule has 0 aliphatic rings. The van der Waals surface area contributed by atoms with E-state index in [2.05, 4.69) is 86.8 Å². The molecule has 0 aromatic carbocycles. The molecule has 0 saturated carbocycles. The molecule has 6 heteroatoms. The molecule has 3 atom stereocenters. The predicted octanol–water partition coefficient (Wildman–Crippen LogP) is 18.0. The number of hydrogen-bond donors (Lipinski definition) is 3. The lowest BCUT2D eigenvalue weighted by molar-refractivity contribution is -0.151. The number of allylic oxidation sites excluding steroid dienone is 10. The Morgan fingerprint density at radius 3 is 1.24 bits per heavy atom. The van der Waals surface area contributed by atoms with Crippen LogP contribution in [0.3, 0.4) is 0 Å². The van der Waals surface area contributed by atoms with Gasteiger partial charge in [-0.15, -0.1) is 0 Å². The summed E-state index contributed by atoms with van der Waals surface area (Å²) in [6, 6.07) is -0.712. The smallest absolute Gasteiger partial charge is 0.306 e. The van der Waals surface area contributed by atoms with Crippen molar-refractivity contribution in [2.24, 2.45) is 0 Å². The van der Waals surface area contributed by atoms with Gasteiger partial charge in [0, 0.05) is 6.42 Å². The summed E-state index contributed by atoms with van der Waals surface area (Å²) in [6.07, 6.45) is 68.5. The van der Waals surface area contributed by atoms with Crippen LogP contribution in [0.5, 0.6) is 0 Å². The summed E-state index contributed by atoms with van der Waals surface area (Å²) in [5, 5.41) is 23.9. The minimum atomic E-state index is -0.797. The van der Waals surface area contributed by atoms with Gasteiger partial charge in [-0.3, -0.25) is 9.59 Å². The van der Waals surface area contributed by atoms with Gasteiger partial charge in [-0.25, -0.2) is 0 Å². The fraction of sp³-hybridized carbons (Fsp3) is 0.803. The number of carbonyl (C=O) groups excluding carboxylic acids is 2. The summed E-state index contributed by atoms with van der Waals surface area (Å²) in [6.45, 7) is 6.39. The Hall–Kier alpha value is -2.44. The lowest BCUT2D eigenvalue weighted by Gasteiger charge is -2.24. The number of unbranched alkanes of at least 4 members (excludes halogenated alkanes) is 30. The quantitative estimate of drug-likeness (QED) is 0.0321. The fourth-order valence-corrected chi connectivity index (χ4v) is 8.71. The third kappa shape index (κ3) is 49.8. The van der Waals surface area contributed by atoms with E-state index in [1.54, 1.807) is 0 Å². The molecule has 0 heterocycles. The van der Waals surface area contributed by atoms with E-state index in [0.29, 0.717) is 19.3 Å². The summed E-state index contributed by atoms with van der Waals surface area (Å²) >= 11 is 0. The van der Waals surface area contributed by atoms with Gasteiger partial charge in [0.2, 0.25) is 5.91 Å². The highest BCUT2D eigenvalue weighted by Gasteiger charge is 2.24. The Balaban J connectivity index is 4.61. The molecule has 390 valence electrons. The number of ether oxygens (including phenoxy) is 1. The Bertz CT molecular complexity index is 1190. The van der Waals surface area contributed by atoms with Gasteiger partial charge >= 0.3 is 5.97 Å². The number of hydrogen-bond acceptors (Lipinski definition) is 5. The second kappa shape index (κ2) is 54.5. The fourth-order valence-electron chi connectivity index (χ4n) is 8.71. The van der Waals surface area contributed by atoms with E-state index in [1.807, 2.05) is 0 Å². The Labute approximate surface area is 416 Å². The molecule has 0 aliphatic heterocycles. The maximum Gasteiger partial charge on any atom is 0.306 e. The third-order valence-corrected chi connectivity index (χ3v) is 13.1. The van der Waals surface area contributed by atoms with E-state index in [4.69, 9.17) is 4.74 Å². The molecule has 0 fully saturated rings. The van der Waals surface area contributed by atoms with E-state index in [0.717, 1.165) is 89.9 Å². The molecule has 0 spiro atoms. The van der Waals surface area contributed by atoms with Gasteiger partial charge in [0.05, 0.1) is 25.2 Å². The summed E-state index contributed by atoms with van der Waals surface area (Å²) in [5.74, 6) is -0.506. The highest BCUT2D eigenvalue weighted by Crippen LogP contribution is 2.18. The first-order valence-electron chi connectivity index (χ1n) is 29.0. The summed E-state index contributed by atoms with van der Waals surface area (Å²) in [5.41, 5.74) is 0. The van der Waals surface area contributed by atoms with Gasteiger partial charge < -0.3 is 20.3 Å². The summed E-state index contributed by atoms with van der Waals surface area (Å²) in [7, 11) is 0. The first-order chi connectivity index (χ1) is 33.0. The van der Waals surface area contributed by atoms with E-state index < -0.39 is 18.2 Å². The standard InChI is InChI=1S/C61H111NO5/c1-4-7-10-13-16-19-22-25-28-30-32-34-37-40-43-46-49-52-57(67-61(66)54-51-48-45-42-39-36-33-29-26-23-20-17-14-11-8-5-2)55-60(65)62-58(56-63)59(64)53-50-47-44-41-38-35-31-27-24-21-18-15-12-9-6-3/h8,11,17,20,25-26,28-29,36,39,57-59,63-64H,4-7,9-10,12-16,18-19,21-24,27,30-35,37-38,40-56H2,1-3H3,(H,62,65)/b11-8+,20-17+,28-25+,29-26+,39-36+. The van der Waals surface area contributed by atoms with Crippen molar-refractivity contribution in [1.29, 1.82) is 0 Å². The Kier molecular flexibility index (Phi) is 52.5. The molecular weight excluding hydrogens is 827 g/mol. The maximum atomic E-state index is 13.3. The SMILES string of the molecule is CC/C=C/C/C=C/C/C=C/C/C=C/CCCCCC(=O)OC(CCCCCCCCC/C=C/CCCCCCCC)CC(=O)NC(CO)C(O)CCCCCCCCCCCCCCCCC. The van der Waals surface area contributed by atoms with E-state index in [9.17, 15) is 19.8 Å². The zero-order valence-corrected chi connectivity index (χ0v) is 44.5. The van der Waals surface area contributed by atoms with E-state index in [1.165, 1.54) is 154 Å². The molecule has 0 aromatic heterocycles. The van der Waals surface area contributed by atoms with Gasteiger partial charge in [-0.1, -0.05) is 248 Å². The van der Waals surface area contributed by atoms with Crippen molar-refractivity contribution in [2.75, 3.05) is 6.61 Å². The molecule has 67 heavy (non-hydrogen) atoms. The molecule has 0 bridgehead atoms. The predicted molar refractivity (Wildman–Crippen MR) is 292 cm³/mol. The minimum Gasteiger partial charge on any atom is -0.462 e. The Morgan fingerprint density at radius 2 is 0.806 bits per heavy atom. The average Bonchev–Trinajstić information content (AvgIpc) is 3.32. The van der Waals surface area contributed by atoms with Crippen LogP contribution in [-0.4, -0.2) is 46.9 Å². The van der Waals surface area contributed by atoms with Gasteiger partial charge in [0.1, 0.15) is 6.10 Å². The summed E-state index contributed by atoms with van der Waals surface area (Å²) < 4.78 is 5.95. The van der Waals surface area contributed by atoms with Crippen molar-refractivity contribution in [2.45, 2.75) is 309 Å². The van der Waals surface area contributed by atoms with Crippen LogP contribution in [-0.2, 0) is 14.3 Å². The third-order valence-electron chi connectivity index (χ3n) is 13.1. The zero-order valence-electron chi connectivity index (χ0n) is 44.5. The number of nitrogens with one attached hydrogen (secondary N) is 1. The van der Waals surface area contributed by atoms with Crippen LogP contribution in [0.15, 0.2) is 60.8 Å². The van der Waals surface area contributed by atoms with Crippen LogP contribution in [0.1, 0.15) is 290 Å². The van der Waals surface area contributed by atoms with Gasteiger partial charge in [-0.05, 0) is 89.9 Å². The zero-order chi connectivity index (χ0) is 48.8. The number of aliphatic hydroxyl groups is 2.